The molecule has 0 aromatic heterocycles. The van der Waals surface area contributed by atoms with Crippen molar-refractivity contribution in [3.8, 4) is 0 Å². The molecule has 2 atom stereocenters. The highest BCUT2D eigenvalue weighted by Gasteiger charge is 2.19. The van der Waals surface area contributed by atoms with Gasteiger partial charge in [-0.3, -0.25) is 0 Å². The van der Waals surface area contributed by atoms with Crippen LogP contribution in [0, 0.1) is 0 Å². The van der Waals surface area contributed by atoms with Gasteiger partial charge in [0.25, 0.3) is 0 Å². The number of hydrogen-bond acceptors (Lipinski definition) is 7. The summed E-state index contributed by atoms with van der Waals surface area (Å²) in [5, 5.41) is 0. The number of hydrogen-bond donors (Lipinski definition) is 0. The molecular weight excluding hydrogens is 270 g/mol. The highest BCUT2D eigenvalue weighted by Crippen LogP contribution is 2.23. The highest BCUT2D eigenvalue weighted by molar-refractivity contribution is 7.33. The van der Waals surface area contributed by atoms with Gasteiger partial charge in [0.05, 0.1) is 13.2 Å². The van der Waals surface area contributed by atoms with E-state index < -0.39 is 16.5 Å². The summed E-state index contributed by atoms with van der Waals surface area (Å²) in [7, 11) is -4.10. The molecule has 0 heterocycles. The third-order valence-electron chi connectivity index (χ3n) is 1.32. The predicted molar refractivity (Wildman–Crippen MR) is 61.2 cm³/mol. The molecule has 0 saturated heterocycles. The molecule has 0 aliphatic heterocycles. The van der Waals surface area contributed by atoms with Crippen molar-refractivity contribution < 1.29 is 32.0 Å². The van der Waals surface area contributed by atoms with Crippen LogP contribution < -0.4 is 0 Å². The average Bonchev–Trinajstić information content (AvgIpc) is 2.28. The normalized spacial score (nSPS) is 12.6. The van der Waals surface area contributed by atoms with Crippen molar-refractivity contribution in [3.63, 3.8) is 0 Å². The molecule has 0 radical (unpaired) electrons. The van der Waals surface area contributed by atoms with Gasteiger partial charge < -0.3 is 4.74 Å². The Morgan fingerprint density at radius 1 is 0.706 bits per heavy atom. The second kappa shape index (κ2) is 12.5. The maximum atomic E-state index is 10.9. The largest absolute Gasteiger partial charge is 0.697 e. The zero-order valence-corrected chi connectivity index (χ0v) is 11.8. The quantitative estimate of drug-likeness (QED) is 0.403. The van der Waals surface area contributed by atoms with Crippen LogP contribution >= 0.6 is 16.5 Å². The van der Waals surface area contributed by atoms with Gasteiger partial charge in [-0.2, -0.15) is 0 Å². The maximum absolute atomic E-state index is 10.9. The molecule has 0 spiro atoms. The summed E-state index contributed by atoms with van der Waals surface area (Å²) in [6, 6.07) is 0. The van der Waals surface area contributed by atoms with Crippen LogP contribution in [0.3, 0.4) is 0 Å². The standard InChI is InChI=1S/C8H18O7P2/c1-3-12-16(9)14-7-5-11-6-8-15-17(10)13-4-2/h3-8H2,1-2H3/q+2. The van der Waals surface area contributed by atoms with Gasteiger partial charge in [-0.15, -0.1) is 18.1 Å². The van der Waals surface area contributed by atoms with Gasteiger partial charge in [0, 0.05) is 9.13 Å². The molecule has 0 amide bonds. The van der Waals surface area contributed by atoms with Gasteiger partial charge in [0.15, 0.2) is 0 Å². The van der Waals surface area contributed by atoms with E-state index in [-0.39, 0.29) is 26.4 Å². The molecule has 2 unspecified atom stereocenters. The van der Waals surface area contributed by atoms with Gasteiger partial charge in [0.2, 0.25) is 0 Å². The fourth-order valence-corrected chi connectivity index (χ4v) is 1.75. The fourth-order valence-electron chi connectivity index (χ4n) is 0.729. The van der Waals surface area contributed by atoms with Gasteiger partial charge in [-0.05, 0) is 13.8 Å². The summed E-state index contributed by atoms with van der Waals surface area (Å²) in [6.07, 6.45) is 0. The topological polar surface area (TPSA) is 80.3 Å². The van der Waals surface area contributed by atoms with Gasteiger partial charge >= 0.3 is 16.5 Å². The van der Waals surface area contributed by atoms with Crippen LogP contribution in [0.2, 0.25) is 0 Å². The molecule has 100 valence electrons. The predicted octanol–water partition coefficient (Wildman–Crippen LogP) is 2.42. The SMILES string of the molecule is CCO[P+](=O)OCCOCCO[P+](=O)OCC. The van der Waals surface area contributed by atoms with E-state index in [4.69, 9.17) is 13.8 Å². The molecule has 0 aliphatic rings. The Kier molecular flexibility index (Phi) is 12.5. The van der Waals surface area contributed by atoms with Crippen LogP contribution in [0.1, 0.15) is 13.8 Å². The molecule has 0 N–H and O–H groups in total. The minimum Gasteiger partial charge on any atom is -0.376 e. The fraction of sp³-hybridized carbons (Fsp3) is 1.00. The molecule has 17 heavy (non-hydrogen) atoms. The van der Waals surface area contributed by atoms with E-state index in [0.717, 1.165) is 0 Å². The Morgan fingerprint density at radius 3 is 1.47 bits per heavy atom. The van der Waals surface area contributed by atoms with E-state index in [1.807, 2.05) is 0 Å². The Bertz CT molecular complexity index is 202. The summed E-state index contributed by atoms with van der Waals surface area (Å²) in [4.78, 5) is 0. The van der Waals surface area contributed by atoms with Crippen molar-refractivity contribution in [2.24, 2.45) is 0 Å². The Morgan fingerprint density at radius 2 is 1.12 bits per heavy atom. The summed E-state index contributed by atoms with van der Waals surface area (Å²) < 4.78 is 45.7. The molecule has 0 aliphatic carbocycles. The van der Waals surface area contributed by atoms with Crippen LogP contribution in [-0.4, -0.2) is 39.6 Å². The molecule has 0 aromatic rings. The van der Waals surface area contributed by atoms with Crippen molar-refractivity contribution >= 4 is 16.5 Å². The zero-order chi connectivity index (χ0) is 12.9. The van der Waals surface area contributed by atoms with Crippen LogP contribution in [0.25, 0.3) is 0 Å². The lowest BCUT2D eigenvalue weighted by Gasteiger charge is -1.97. The second-order valence-corrected chi connectivity index (χ2v) is 4.49. The molecule has 0 aromatic carbocycles. The van der Waals surface area contributed by atoms with Gasteiger partial charge in [-0.25, -0.2) is 0 Å². The molecular formula is C8H18O7P2+2. The molecule has 0 rings (SSSR count). The number of rotatable bonds is 12. The Hall–Kier alpha value is -0.0000000000000000208. The van der Waals surface area contributed by atoms with Gasteiger partial charge in [-0.1, -0.05) is 0 Å². The van der Waals surface area contributed by atoms with E-state index >= 15 is 0 Å². The summed E-state index contributed by atoms with van der Waals surface area (Å²) in [5.41, 5.74) is 0. The average molecular weight is 288 g/mol. The third-order valence-corrected chi connectivity index (χ3v) is 3.04. The molecule has 0 saturated carbocycles. The first kappa shape index (κ1) is 17.0. The Balaban J connectivity index is 3.18. The first-order chi connectivity index (χ1) is 8.20. The van der Waals surface area contributed by atoms with Crippen LogP contribution in [0.5, 0.6) is 0 Å². The van der Waals surface area contributed by atoms with Crippen molar-refractivity contribution in [2.75, 3.05) is 39.6 Å². The minimum atomic E-state index is -2.05. The van der Waals surface area contributed by atoms with Crippen LogP contribution in [0.4, 0.5) is 0 Å². The van der Waals surface area contributed by atoms with E-state index in [2.05, 4.69) is 9.05 Å². The van der Waals surface area contributed by atoms with Crippen molar-refractivity contribution in [1.82, 2.24) is 0 Å². The van der Waals surface area contributed by atoms with E-state index in [1.165, 1.54) is 0 Å². The molecule has 0 bridgehead atoms. The van der Waals surface area contributed by atoms with Crippen LogP contribution in [-0.2, 0) is 32.0 Å². The molecule has 0 fully saturated rings. The second-order valence-electron chi connectivity index (χ2n) is 2.56. The lowest BCUT2D eigenvalue weighted by Crippen LogP contribution is -2.06. The first-order valence-electron chi connectivity index (χ1n) is 5.24. The first-order valence-corrected chi connectivity index (χ1v) is 7.43. The van der Waals surface area contributed by atoms with E-state index in [0.29, 0.717) is 13.2 Å². The van der Waals surface area contributed by atoms with Crippen LogP contribution in [0.15, 0.2) is 0 Å². The van der Waals surface area contributed by atoms with Crippen molar-refractivity contribution in [2.45, 2.75) is 13.8 Å². The highest BCUT2D eigenvalue weighted by atomic mass is 31.1. The lowest BCUT2D eigenvalue weighted by molar-refractivity contribution is 0.0709. The molecule has 9 heteroatoms. The van der Waals surface area contributed by atoms with E-state index in [9.17, 15) is 9.13 Å². The third kappa shape index (κ3) is 12.2. The van der Waals surface area contributed by atoms with Crippen molar-refractivity contribution in [3.05, 3.63) is 0 Å². The maximum Gasteiger partial charge on any atom is 0.697 e. The van der Waals surface area contributed by atoms with Gasteiger partial charge in [0.1, 0.15) is 26.4 Å². The minimum absolute atomic E-state index is 0.173. The summed E-state index contributed by atoms with van der Waals surface area (Å²) in [5.74, 6) is 0. The monoisotopic (exact) mass is 288 g/mol. The lowest BCUT2D eigenvalue weighted by atomic mass is 10.7. The summed E-state index contributed by atoms with van der Waals surface area (Å²) in [6.45, 7) is 5.02. The van der Waals surface area contributed by atoms with E-state index in [1.54, 1.807) is 13.8 Å². The number of ether oxygens (including phenoxy) is 1. The Labute approximate surface area is 103 Å². The van der Waals surface area contributed by atoms with Crippen molar-refractivity contribution in [1.29, 1.82) is 0 Å². The smallest absolute Gasteiger partial charge is 0.376 e. The zero-order valence-electron chi connectivity index (χ0n) is 9.99. The molecule has 7 nitrogen and oxygen atoms in total. The summed E-state index contributed by atoms with van der Waals surface area (Å²) >= 11 is 0.